The quantitative estimate of drug-likeness (QED) is 0.943. The van der Waals surface area contributed by atoms with Crippen molar-refractivity contribution < 1.29 is 4.74 Å². The van der Waals surface area contributed by atoms with Crippen LogP contribution in [0.1, 0.15) is 48.2 Å². The molecule has 2 aliphatic rings. The minimum Gasteiger partial charge on any atom is -0.493 e. The number of hydrogen-bond donors (Lipinski definition) is 1. The maximum absolute atomic E-state index is 5.58. The van der Waals surface area contributed by atoms with Gasteiger partial charge in [0.2, 0.25) is 0 Å². The molecular weight excluding hydrogens is 274 g/mol. The zero-order valence-corrected chi connectivity index (χ0v) is 13.1. The van der Waals surface area contributed by atoms with Crippen LogP contribution in [0.4, 0.5) is 0 Å². The van der Waals surface area contributed by atoms with Crippen LogP contribution in [-0.2, 0) is 25.9 Å². The standard InChI is InChI=1S/C18H23N3O/c1-2-21-17-5-3-4-16(15(17)12-20-21)19-11-13-6-7-18-14(10-13)8-9-22-18/h6-7,10,12,16,19H,2-5,8-9,11H2,1H3/t16-/m0/s1. The maximum atomic E-state index is 5.58. The predicted octanol–water partition coefficient (Wildman–Crippen LogP) is 3.01. The number of hydrogen-bond acceptors (Lipinski definition) is 3. The molecule has 0 saturated carbocycles. The highest BCUT2D eigenvalue weighted by atomic mass is 16.5. The van der Waals surface area contributed by atoms with Crippen molar-refractivity contribution in [2.24, 2.45) is 0 Å². The molecule has 2 heterocycles. The lowest BCUT2D eigenvalue weighted by atomic mass is 9.92. The molecule has 4 nitrogen and oxygen atoms in total. The summed E-state index contributed by atoms with van der Waals surface area (Å²) in [6.07, 6.45) is 6.72. The highest BCUT2D eigenvalue weighted by Crippen LogP contribution is 2.30. The van der Waals surface area contributed by atoms with Crippen LogP contribution < -0.4 is 10.1 Å². The highest BCUT2D eigenvalue weighted by Gasteiger charge is 2.23. The molecule has 0 bridgehead atoms. The molecule has 0 spiro atoms. The van der Waals surface area contributed by atoms with E-state index >= 15 is 0 Å². The van der Waals surface area contributed by atoms with Gasteiger partial charge in [-0.3, -0.25) is 4.68 Å². The van der Waals surface area contributed by atoms with Crippen molar-refractivity contribution >= 4 is 0 Å². The summed E-state index contributed by atoms with van der Waals surface area (Å²) in [5.41, 5.74) is 5.52. The van der Waals surface area contributed by atoms with E-state index in [4.69, 9.17) is 4.74 Å². The molecule has 1 aliphatic heterocycles. The van der Waals surface area contributed by atoms with Gasteiger partial charge in [0.25, 0.3) is 0 Å². The van der Waals surface area contributed by atoms with Gasteiger partial charge in [-0.1, -0.05) is 12.1 Å². The molecule has 1 aliphatic carbocycles. The Labute approximate surface area is 131 Å². The molecular formula is C18H23N3O. The minimum atomic E-state index is 0.438. The van der Waals surface area contributed by atoms with Crippen molar-refractivity contribution in [3.05, 3.63) is 46.8 Å². The fourth-order valence-electron chi connectivity index (χ4n) is 3.69. The fraction of sp³-hybridized carbons (Fsp3) is 0.500. The fourth-order valence-corrected chi connectivity index (χ4v) is 3.69. The summed E-state index contributed by atoms with van der Waals surface area (Å²) >= 11 is 0. The monoisotopic (exact) mass is 297 g/mol. The van der Waals surface area contributed by atoms with Gasteiger partial charge in [-0.2, -0.15) is 5.10 Å². The molecule has 0 amide bonds. The first-order chi connectivity index (χ1) is 10.8. The summed E-state index contributed by atoms with van der Waals surface area (Å²) in [4.78, 5) is 0. The van der Waals surface area contributed by atoms with Gasteiger partial charge in [-0.15, -0.1) is 0 Å². The molecule has 1 N–H and O–H groups in total. The molecule has 1 atom stereocenters. The molecule has 4 rings (SSSR count). The number of fused-ring (bicyclic) bond motifs is 2. The van der Waals surface area contributed by atoms with E-state index in [1.807, 2.05) is 0 Å². The van der Waals surface area contributed by atoms with Crippen LogP contribution in [0.3, 0.4) is 0 Å². The average molecular weight is 297 g/mol. The lowest BCUT2D eigenvalue weighted by Crippen LogP contribution is -2.25. The second-order valence-electron chi connectivity index (χ2n) is 6.23. The van der Waals surface area contributed by atoms with Crippen LogP contribution in [0.2, 0.25) is 0 Å². The number of nitrogens with zero attached hydrogens (tertiary/aromatic N) is 2. The molecule has 0 unspecified atom stereocenters. The third kappa shape index (κ3) is 2.41. The third-order valence-corrected chi connectivity index (χ3v) is 4.87. The SMILES string of the molecule is CCn1ncc2c1CCC[C@@H]2NCc1ccc2c(c1)CCO2. The number of rotatable bonds is 4. The van der Waals surface area contributed by atoms with E-state index in [9.17, 15) is 0 Å². The first kappa shape index (κ1) is 13.8. The summed E-state index contributed by atoms with van der Waals surface area (Å²) in [5, 5.41) is 8.26. The van der Waals surface area contributed by atoms with Crippen molar-refractivity contribution in [3.63, 3.8) is 0 Å². The molecule has 0 saturated heterocycles. The van der Waals surface area contributed by atoms with Gasteiger partial charge < -0.3 is 10.1 Å². The van der Waals surface area contributed by atoms with Crippen LogP contribution in [0.15, 0.2) is 24.4 Å². The Morgan fingerprint density at radius 2 is 2.32 bits per heavy atom. The van der Waals surface area contributed by atoms with Gasteiger partial charge in [0.1, 0.15) is 5.75 Å². The Kier molecular flexibility index (Phi) is 3.62. The van der Waals surface area contributed by atoms with E-state index in [2.05, 4.69) is 46.4 Å². The van der Waals surface area contributed by atoms with Gasteiger partial charge >= 0.3 is 0 Å². The predicted molar refractivity (Wildman–Crippen MR) is 86.1 cm³/mol. The normalized spacial score (nSPS) is 19.6. The van der Waals surface area contributed by atoms with Crippen LogP contribution in [0.5, 0.6) is 5.75 Å². The molecule has 2 aromatic rings. The largest absolute Gasteiger partial charge is 0.493 e. The van der Waals surface area contributed by atoms with E-state index in [1.54, 1.807) is 0 Å². The lowest BCUT2D eigenvalue weighted by molar-refractivity contribution is 0.357. The van der Waals surface area contributed by atoms with Crippen molar-refractivity contribution in [3.8, 4) is 5.75 Å². The van der Waals surface area contributed by atoms with E-state index in [-0.39, 0.29) is 0 Å². The van der Waals surface area contributed by atoms with E-state index in [0.717, 1.165) is 38.3 Å². The Bertz CT molecular complexity index is 677. The molecule has 22 heavy (non-hydrogen) atoms. The maximum Gasteiger partial charge on any atom is 0.122 e. The van der Waals surface area contributed by atoms with Crippen LogP contribution in [0, 0.1) is 0 Å². The Hall–Kier alpha value is -1.81. The van der Waals surface area contributed by atoms with Crippen LogP contribution in [-0.4, -0.2) is 16.4 Å². The summed E-state index contributed by atoms with van der Waals surface area (Å²) in [6, 6.07) is 7.01. The summed E-state index contributed by atoms with van der Waals surface area (Å²) in [6.45, 7) is 4.87. The molecule has 1 aromatic heterocycles. The lowest BCUT2D eigenvalue weighted by Gasteiger charge is -2.24. The highest BCUT2D eigenvalue weighted by molar-refractivity contribution is 5.39. The topological polar surface area (TPSA) is 39.1 Å². The van der Waals surface area contributed by atoms with E-state index in [1.165, 1.54) is 35.2 Å². The molecule has 0 fully saturated rings. The number of ether oxygens (including phenoxy) is 1. The first-order valence-corrected chi connectivity index (χ1v) is 8.37. The molecule has 1 aromatic carbocycles. The number of aryl methyl sites for hydroxylation is 1. The van der Waals surface area contributed by atoms with Gasteiger partial charge in [0.05, 0.1) is 12.8 Å². The van der Waals surface area contributed by atoms with Gasteiger partial charge in [-0.05, 0) is 43.4 Å². The second kappa shape index (κ2) is 5.76. The summed E-state index contributed by atoms with van der Waals surface area (Å²) in [7, 11) is 0. The smallest absolute Gasteiger partial charge is 0.122 e. The minimum absolute atomic E-state index is 0.438. The second-order valence-corrected chi connectivity index (χ2v) is 6.23. The third-order valence-electron chi connectivity index (χ3n) is 4.87. The summed E-state index contributed by atoms with van der Waals surface area (Å²) < 4.78 is 7.73. The molecule has 4 heteroatoms. The average Bonchev–Trinajstić information content (AvgIpc) is 3.18. The first-order valence-electron chi connectivity index (χ1n) is 8.37. The zero-order chi connectivity index (χ0) is 14.9. The Morgan fingerprint density at radius 1 is 1.36 bits per heavy atom. The van der Waals surface area contributed by atoms with Gasteiger partial charge in [0.15, 0.2) is 0 Å². The Morgan fingerprint density at radius 3 is 3.23 bits per heavy atom. The number of nitrogens with one attached hydrogen (secondary N) is 1. The Balaban J connectivity index is 1.47. The summed E-state index contributed by atoms with van der Waals surface area (Å²) in [5.74, 6) is 1.06. The molecule has 116 valence electrons. The van der Waals surface area contributed by atoms with Gasteiger partial charge in [0, 0.05) is 36.8 Å². The van der Waals surface area contributed by atoms with Gasteiger partial charge in [-0.25, -0.2) is 0 Å². The number of aromatic nitrogens is 2. The van der Waals surface area contributed by atoms with Crippen molar-refractivity contribution in [1.29, 1.82) is 0 Å². The van der Waals surface area contributed by atoms with E-state index in [0.29, 0.717) is 6.04 Å². The zero-order valence-electron chi connectivity index (χ0n) is 13.1. The van der Waals surface area contributed by atoms with Crippen LogP contribution in [0.25, 0.3) is 0 Å². The number of benzene rings is 1. The van der Waals surface area contributed by atoms with Crippen molar-refractivity contribution in [2.75, 3.05) is 6.61 Å². The van der Waals surface area contributed by atoms with Crippen molar-refractivity contribution in [2.45, 2.75) is 51.7 Å². The van der Waals surface area contributed by atoms with E-state index < -0.39 is 0 Å². The van der Waals surface area contributed by atoms with Crippen LogP contribution >= 0.6 is 0 Å². The van der Waals surface area contributed by atoms with Crippen molar-refractivity contribution in [1.82, 2.24) is 15.1 Å². The molecule has 0 radical (unpaired) electrons.